The number of carbonyl (C=O) groups excluding carboxylic acids is 2. The van der Waals surface area contributed by atoms with Crippen LogP contribution >= 0.6 is 22.6 Å². The van der Waals surface area contributed by atoms with Crippen molar-refractivity contribution in [3.63, 3.8) is 0 Å². The van der Waals surface area contributed by atoms with E-state index in [1.54, 1.807) is 30.2 Å². The van der Waals surface area contributed by atoms with Crippen molar-refractivity contribution >= 4 is 34.4 Å². The molecule has 0 unspecified atom stereocenters. The quantitative estimate of drug-likeness (QED) is 0.235. The van der Waals surface area contributed by atoms with E-state index in [-0.39, 0.29) is 38.0 Å². The number of ether oxygens (including phenoxy) is 3. The van der Waals surface area contributed by atoms with Crippen LogP contribution in [0.25, 0.3) is 0 Å². The predicted molar refractivity (Wildman–Crippen MR) is 164 cm³/mol. The molecule has 0 spiro atoms. The lowest BCUT2D eigenvalue weighted by atomic mass is 9.82. The van der Waals surface area contributed by atoms with Crippen LogP contribution in [0.4, 0.5) is 0 Å². The van der Waals surface area contributed by atoms with Crippen LogP contribution in [0.1, 0.15) is 36.8 Å². The number of halogens is 1. The maximum Gasteiger partial charge on any atom is 0.247 e. The Balaban J connectivity index is 1.69. The second-order valence-electron chi connectivity index (χ2n) is 10.5. The number of carbonyl (C=O) groups is 2. The minimum atomic E-state index is -1.15. The van der Waals surface area contributed by atoms with Gasteiger partial charge in [-0.25, -0.2) is 0 Å². The van der Waals surface area contributed by atoms with Crippen LogP contribution in [0.2, 0.25) is 0 Å². The fourth-order valence-corrected chi connectivity index (χ4v) is 6.17. The van der Waals surface area contributed by atoms with Crippen LogP contribution in [0.15, 0.2) is 48.0 Å². The average molecular weight is 695 g/mol. The Morgan fingerprint density at radius 3 is 2.48 bits per heavy atom. The fraction of sp³-hybridized carbons (Fsp3) is 0.484. The summed E-state index contributed by atoms with van der Waals surface area (Å²) >= 11 is 2.07. The predicted octanol–water partition coefficient (Wildman–Crippen LogP) is 2.59. The molecule has 4 rings (SSSR count). The molecule has 0 bridgehead atoms. The van der Waals surface area contributed by atoms with Crippen LogP contribution in [0.3, 0.4) is 0 Å². The first-order valence-corrected chi connectivity index (χ1v) is 15.2. The van der Waals surface area contributed by atoms with E-state index in [0.29, 0.717) is 39.2 Å². The first-order valence-electron chi connectivity index (χ1n) is 14.1. The molecule has 0 saturated heterocycles. The summed E-state index contributed by atoms with van der Waals surface area (Å²) in [7, 11) is 3.09. The van der Waals surface area contributed by atoms with Gasteiger partial charge in [0, 0.05) is 31.0 Å². The number of rotatable bonds is 13. The van der Waals surface area contributed by atoms with Gasteiger partial charge in [-0.1, -0.05) is 24.6 Å². The molecule has 1 fully saturated rings. The van der Waals surface area contributed by atoms with Gasteiger partial charge in [-0.2, -0.15) is 0 Å². The van der Waals surface area contributed by atoms with Gasteiger partial charge in [0.2, 0.25) is 11.8 Å². The lowest BCUT2D eigenvalue weighted by molar-refractivity contribution is -0.145. The van der Waals surface area contributed by atoms with Crippen molar-refractivity contribution in [1.82, 2.24) is 10.2 Å². The van der Waals surface area contributed by atoms with Gasteiger partial charge in [0.05, 0.1) is 37.0 Å². The molecule has 2 aliphatic rings. The van der Waals surface area contributed by atoms with E-state index in [4.69, 9.17) is 14.2 Å². The van der Waals surface area contributed by atoms with Gasteiger partial charge in [0.1, 0.15) is 18.0 Å². The highest BCUT2D eigenvalue weighted by Crippen LogP contribution is 2.38. The molecule has 0 heterocycles. The maximum atomic E-state index is 13.8. The van der Waals surface area contributed by atoms with E-state index < -0.39 is 24.2 Å². The zero-order valence-corrected chi connectivity index (χ0v) is 26.1. The molecular weight excluding hydrogens is 655 g/mol. The second kappa shape index (κ2) is 15.0. The number of amides is 2. The number of para-hydroxylation sites is 1. The van der Waals surface area contributed by atoms with E-state index in [0.717, 1.165) is 30.6 Å². The van der Waals surface area contributed by atoms with Gasteiger partial charge in [0.15, 0.2) is 11.5 Å². The van der Waals surface area contributed by atoms with E-state index in [2.05, 4.69) is 27.9 Å². The number of hydrogen-bond acceptors (Lipinski definition) is 8. The molecule has 0 aliphatic heterocycles. The third-order valence-corrected chi connectivity index (χ3v) is 8.69. The van der Waals surface area contributed by atoms with Gasteiger partial charge in [-0.05, 0) is 77.3 Å². The van der Waals surface area contributed by atoms with Crippen molar-refractivity contribution in [3.8, 4) is 17.2 Å². The summed E-state index contributed by atoms with van der Waals surface area (Å²) in [5.41, 5.74) is 1.93. The first-order chi connectivity index (χ1) is 20.3. The topological polar surface area (TPSA) is 138 Å². The minimum Gasteiger partial charge on any atom is -0.496 e. The van der Waals surface area contributed by atoms with E-state index >= 15 is 0 Å². The summed E-state index contributed by atoms with van der Waals surface area (Å²) in [4.78, 5) is 28.7. The molecule has 10 nitrogen and oxygen atoms in total. The molecule has 228 valence electrons. The third-order valence-electron chi connectivity index (χ3n) is 7.89. The number of aliphatic hydroxyl groups is 3. The summed E-state index contributed by atoms with van der Waals surface area (Å²) in [5.74, 6) is 0.883. The van der Waals surface area contributed by atoms with Crippen molar-refractivity contribution in [3.05, 3.63) is 62.7 Å². The average Bonchev–Trinajstić information content (AvgIpc) is 2.97. The van der Waals surface area contributed by atoms with Gasteiger partial charge in [-0.15, -0.1) is 0 Å². The van der Waals surface area contributed by atoms with Gasteiger partial charge in [0.25, 0.3) is 0 Å². The zero-order valence-electron chi connectivity index (χ0n) is 23.9. The largest absolute Gasteiger partial charge is 0.496 e. The van der Waals surface area contributed by atoms with Crippen molar-refractivity contribution in [2.24, 2.45) is 5.92 Å². The summed E-state index contributed by atoms with van der Waals surface area (Å²) in [5, 5.41) is 33.4. The summed E-state index contributed by atoms with van der Waals surface area (Å²) in [6, 6.07) is 10.3. The second-order valence-corrected chi connectivity index (χ2v) is 11.7. The van der Waals surface area contributed by atoms with Crippen molar-refractivity contribution in [2.75, 3.05) is 33.9 Å². The highest BCUT2D eigenvalue weighted by molar-refractivity contribution is 14.1. The molecule has 2 aromatic carbocycles. The molecule has 3 atom stereocenters. The maximum absolute atomic E-state index is 13.8. The molecule has 1 saturated carbocycles. The number of hydrogen-bond donors (Lipinski definition) is 4. The van der Waals surface area contributed by atoms with Crippen LogP contribution in [-0.2, 0) is 22.6 Å². The summed E-state index contributed by atoms with van der Waals surface area (Å²) in [6.07, 6.45) is 2.63. The van der Waals surface area contributed by atoms with Crippen LogP contribution in [0, 0.1) is 9.49 Å². The summed E-state index contributed by atoms with van der Waals surface area (Å²) in [6.45, 7) is -0.00733. The molecular formula is C31H39IN2O8. The third kappa shape index (κ3) is 7.36. The molecule has 2 aliphatic carbocycles. The molecule has 0 radical (unpaired) electrons. The SMILES string of the molecule is COc1ccccc1CCN(C(=O)C1CCC1)[C@@H]1CC(C(=O)NCCO)=C[C@H](Oc2c(I)cc(CO)cc2OC)[C@H]1O. The number of methoxy groups -OCH3 is 2. The fourth-order valence-electron chi connectivity index (χ4n) is 5.37. The Kier molecular flexibility index (Phi) is 11.5. The summed E-state index contributed by atoms with van der Waals surface area (Å²) < 4.78 is 18.0. The molecule has 2 aromatic rings. The molecule has 2 amide bonds. The Morgan fingerprint density at radius 2 is 1.83 bits per heavy atom. The Labute approximate surface area is 259 Å². The number of aliphatic hydroxyl groups excluding tert-OH is 3. The number of nitrogens with zero attached hydrogens (tertiary/aromatic N) is 1. The van der Waals surface area contributed by atoms with Gasteiger partial charge >= 0.3 is 0 Å². The van der Waals surface area contributed by atoms with Crippen molar-refractivity contribution in [1.29, 1.82) is 0 Å². The standard InChI is InChI=1S/C31H39IN2O8/c1-40-25-9-4-3-6-20(25)10-12-34(31(39)21-7-5-8-21)24-16-22(30(38)33-11-13-35)17-26(28(24)37)42-29-23(32)14-19(18-36)15-27(29)41-2/h3-4,6,9,14-15,17,21,24,26,28,35-37H,5,7-8,10-13,16,18H2,1-2H3,(H,33,38)/t24-,26+,28+/m1/s1. The Hall–Kier alpha value is -2.87. The number of benzene rings is 2. The lowest BCUT2D eigenvalue weighted by Crippen LogP contribution is -2.57. The van der Waals surface area contributed by atoms with Crippen LogP contribution < -0.4 is 19.5 Å². The Bertz CT molecular complexity index is 1280. The minimum absolute atomic E-state index is 0.0459. The smallest absolute Gasteiger partial charge is 0.247 e. The highest BCUT2D eigenvalue weighted by atomic mass is 127. The molecule has 4 N–H and O–H groups in total. The highest BCUT2D eigenvalue weighted by Gasteiger charge is 2.43. The van der Waals surface area contributed by atoms with E-state index in [1.165, 1.54) is 7.11 Å². The van der Waals surface area contributed by atoms with E-state index in [9.17, 15) is 24.9 Å². The van der Waals surface area contributed by atoms with Gasteiger partial charge < -0.3 is 39.7 Å². The number of nitrogens with one attached hydrogen (secondary N) is 1. The zero-order chi connectivity index (χ0) is 30.2. The van der Waals surface area contributed by atoms with Gasteiger partial charge in [-0.3, -0.25) is 9.59 Å². The Morgan fingerprint density at radius 1 is 1.10 bits per heavy atom. The van der Waals surface area contributed by atoms with E-state index in [1.807, 2.05) is 24.3 Å². The van der Waals surface area contributed by atoms with Crippen LogP contribution in [0.5, 0.6) is 17.2 Å². The monoisotopic (exact) mass is 694 g/mol. The molecule has 11 heteroatoms. The normalized spacial score (nSPS) is 20.2. The first kappa shape index (κ1) is 32.1. The molecule has 42 heavy (non-hydrogen) atoms. The lowest BCUT2D eigenvalue weighted by Gasteiger charge is -2.43. The van der Waals surface area contributed by atoms with Crippen LogP contribution in [-0.4, -0.2) is 84.2 Å². The molecule has 0 aromatic heterocycles. The van der Waals surface area contributed by atoms with Crippen molar-refractivity contribution < 1.29 is 39.1 Å². The van der Waals surface area contributed by atoms with Crippen molar-refractivity contribution in [2.45, 2.75) is 57.0 Å².